The van der Waals surface area contributed by atoms with Gasteiger partial charge in [0.15, 0.2) is 23.1 Å². The van der Waals surface area contributed by atoms with Gasteiger partial charge in [-0.25, -0.2) is 13.6 Å². The van der Waals surface area contributed by atoms with Crippen molar-refractivity contribution in [2.75, 3.05) is 32.1 Å². The topological polar surface area (TPSA) is 62.8 Å². The van der Waals surface area contributed by atoms with Crippen molar-refractivity contribution in [2.45, 2.75) is 69.9 Å². The van der Waals surface area contributed by atoms with Crippen LogP contribution in [0.4, 0.5) is 19.3 Å². The van der Waals surface area contributed by atoms with Crippen LogP contribution in [0.15, 0.2) is 36.4 Å². The van der Waals surface area contributed by atoms with Crippen LogP contribution >= 0.6 is 0 Å². The maximum atomic E-state index is 13.5. The molecule has 36 heavy (non-hydrogen) atoms. The SMILES string of the molecule is CCCOc1ccc(C23CCC(NC(=O)Nc4ccc(F)c(F)c4)CC2N(C)CC3)cc1OCCC. The van der Waals surface area contributed by atoms with Crippen LogP contribution < -0.4 is 20.1 Å². The minimum absolute atomic E-state index is 0.0167. The summed E-state index contributed by atoms with van der Waals surface area (Å²) >= 11 is 0. The lowest BCUT2D eigenvalue weighted by Gasteiger charge is -2.45. The van der Waals surface area contributed by atoms with E-state index in [1.165, 1.54) is 11.6 Å². The summed E-state index contributed by atoms with van der Waals surface area (Å²) in [5.74, 6) is -0.340. The Morgan fingerprint density at radius 2 is 1.78 bits per heavy atom. The molecule has 1 aliphatic heterocycles. The van der Waals surface area contributed by atoms with E-state index in [0.717, 1.165) is 68.7 Å². The summed E-state index contributed by atoms with van der Waals surface area (Å²) in [7, 11) is 2.14. The molecule has 2 aromatic rings. The third-order valence-corrected chi connectivity index (χ3v) is 7.48. The Morgan fingerprint density at radius 3 is 2.50 bits per heavy atom. The Hall–Kier alpha value is -2.87. The van der Waals surface area contributed by atoms with Crippen molar-refractivity contribution >= 4 is 11.7 Å². The first-order valence-electron chi connectivity index (χ1n) is 13.0. The fourth-order valence-electron chi connectivity index (χ4n) is 5.65. The minimum atomic E-state index is -0.990. The van der Waals surface area contributed by atoms with E-state index in [-0.39, 0.29) is 23.2 Å². The van der Waals surface area contributed by atoms with E-state index >= 15 is 0 Å². The molecule has 2 aliphatic rings. The lowest BCUT2D eigenvalue weighted by Crippen LogP contribution is -2.52. The number of amides is 2. The van der Waals surface area contributed by atoms with Crippen molar-refractivity contribution in [2.24, 2.45) is 0 Å². The number of likely N-dealkylation sites (tertiary alicyclic amines) is 1. The number of hydrogen-bond donors (Lipinski definition) is 2. The number of carbonyl (C=O) groups is 1. The summed E-state index contributed by atoms with van der Waals surface area (Å²) in [5, 5.41) is 5.66. The van der Waals surface area contributed by atoms with Crippen LogP contribution in [0.1, 0.15) is 57.9 Å². The number of carbonyl (C=O) groups excluding carboxylic acids is 1. The van der Waals surface area contributed by atoms with Crippen LogP contribution in [0.2, 0.25) is 0 Å². The molecule has 6 nitrogen and oxygen atoms in total. The van der Waals surface area contributed by atoms with Gasteiger partial charge in [0, 0.05) is 29.3 Å². The van der Waals surface area contributed by atoms with Gasteiger partial charge in [-0.3, -0.25) is 0 Å². The van der Waals surface area contributed by atoms with Gasteiger partial charge in [0.05, 0.1) is 13.2 Å². The molecular formula is C28H37F2N3O3. The number of benzene rings is 2. The molecule has 3 atom stereocenters. The fourth-order valence-corrected chi connectivity index (χ4v) is 5.65. The summed E-state index contributed by atoms with van der Waals surface area (Å²) in [6.45, 7) is 6.45. The fraction of sp³-hybridized carbons (Fsp3) is 0.536. The van der Waals surface area contributed by atoms with Crippen LogP contribution in [0.5, 0.6) is 11.5 Å². The average Bonchev–Trinajstić information content (AvgIpc) is 3.20. The highest BCUT2D eigenvalue weighted by molar-refractivity contribution is 5.89. The van der Waals surface area contributed by atoms with Crippen LogP contribution in [0.3, 0.4) is 0 Å². The number of ether oxygens (including phenoxy) is 2. The van der Waals surface area contributed by atoms with E-state index in [4.69, 9.17) is 9.47 Å². The van der Waals surface area contributed by atoms with E-state index in [9.17, 15) is 13.6 Å². The van der Waals surface area contributed by atoms with Crippen LogP contribution in [0.25, 0.3) is 0 Å². The molecule has 2 aromatic carbocycles. The molecule has 1 saturated carbocycles. The molecule has 1 saturated heterocycles. The van der Waals surface area contributed by atoms with Crippen LogP contribution in [0, 0.1) is 11.6 Å². The zero-order chi connectivity index (χ0) is 25.7. The molecule has 0 spiro atoms. The van der Waals surface area contributed by atoms with Crippen molar-refractivity contribution in [3.05, 3.63) is 53.6 Å². The molecule has 2 N–H and O–H groups in total. The predicted molar refractivity (Wildman–Crippen MR) is 137 cm³/mol. The van der Waals surface area contributed by atoms with Crippen LogP contribution in [-0.4, -0.2) is 49.8 Å². The van der Waals surface area contributed by atoms with Gasteiger partial charge < -0.3 is 25.0 Å². The first-order chi connectivity index (χ1) is 17.4. The molecule has 0 radical (unpaired) electrons. The Bertz CT molecular complexity index is 1070. The normalized spacial score (nSPS) is 23.7. The quantitative estimate of drug-likeness (QED) is 0.452. The van der Waals surface area contributed by atoms with E-state index in [0.29, 0.717) is 13.2 Å². The lowest BCUT2D eigenvalue weighted by atomic mass is 9.65. The summed E-state index contributed by atoms with van der Waals surface area (Å²) in [6.07, 6.45) is 5.47. The zero-order valence-corrected chi connectivity index (χ0v) is 21.4. The van der Waals surface area contributed by atoms with E-state index in [1.54, 1.807) is 0 Å². The molecule has 2 fully saturated rings. The number of urea groups is 1. The summed E-state index contributed by atoms with van der Waals surface area (Å²) in [6, 6.07) is 9.56. The molecule has 2 amide bonds. The highest BCUT2D eigenvalue weighted by atomic mass is 19.2. The highest BCUT2D eigenvalue weighted by Gasteiger charge is 2.50. The Balaban J connectivity index is 1.48. The molecule has 8 heteroatoms. The molecule has 196 valence electrons. The maximum Gasteiger partial charge on any atom is 0.319 e. The van der Waals surface area contributed by atoms with Gasteiger partial charge in [-0.1, -0.05) is 19.9 Å². The number of nitrogens with zero attached hydrogens (tertiary/aromatic N) is 1. The average molecular weight is 502 g/mol. The third kappa shape index (κ3) is 5.59. The van der Waals surface area contributed by atoms with Crippen molar-refractivity contribution in [3.8, 4) is 11.5 Å². The summed E-state index contributed by atoms with van der Waals surface area (Å²) in [4.78, 5) is 15.0. The summed E-state index contributed by atoms with van der Waals surface area (Å²) in [5.41, 5.74) is 1.47. The largest absolute Gasteiger partial charge is 0.490 e. The Kier molecular flexibility index (Phi) is 8.34. The van der Waals surface area contributed by atoms with Crippen molar-refractivity contribution in [1.29, 1.82) is 0 Å². The van der Waals surface area contributed by atoms with Crippen molar-refractivity contribution in [1.82, 2.24) is 10.2 Å². The van der Waals surface area contributed by atoms with Crippen molar-refractivity contribution in [3.63, 3.8) is 0 Å². The second kappa shape index (κ2) is 11.5. The minimum Gasteiger partial charge on any atom is -0.490 e. The first-order valence-corrected chi connectivity index (χ1v) is 13.0. The van der Waals surface area contributed by atoms with E-state index < -0.39 is 17.7 Å². The molecular weight excluding hydrogens is 464 g/mol. The second-order valence-electron chi connectivity index (χ2n) is 9.96. The van der Waals surface area contributed by atoms with E-state index in [2.05, 4.69) is 48.6 Å². The summed E-state index contributed by atoms with van der Waals surface area (Å²) < 4.78 is 38.7. The van der Waals surface area contributed by atoms with Gasteiger partial charge in [-0.15, -0.1) is 0 Å². The van der Waals surface area contributed by atoms with Crippen molar-refractivity contribution < 1.29 is 23.0 Å². The molecule has 1 aliphatic carbocycles. The lowest BCUT2D eigenvalue weighted by molar-refractivity contribution is 0.155. The smallest absolute Gasteiger partial charge is 0.319 e. The number of nitrogens with one attached hydrogen (secondary N) is 2. The monoisotopic (exact) mass is 501 g/mol. The number of hydrogen-bond acceptors (Lipinski definition) is 4. The second-order valence-corrected chi connectivity index (χ2v) is 9.96. The van der Waals surface area contributed by atoms with Gasteiger partial charge in [-0.2, -0.15) is 0 Å². The van der Waals surface area contributed by atoms with Gasteiger partial charge in [0.25, 0.3) is 0 Å². The number of halogens is 2. The first kappa shape index (κ1) is 26.2. The molecule has 3 unspecified atom stereocenters. The van der Waals surface area contributed by atoms with Gasteiger partial charge in [-0.05, 0) is 81.9 Å². The third-order valence-electron chi connectivity index (χ3n) is 7.48. The Labute approximate surface area is 212 Å². The molecule has 4 rings (SSSR count). The van der Waals surface area contributed by atoms with Gasteiger partial charge >= 0.3 is 6.03 Å². The Morgan fingerprint density at radius 1 is 1.03 bits per heavy atom. The number of likely N-dealkylation sites (N-methyl/N-ethyl adjacent to an activating group) is 1. The van der Waals surface area contributed by atoms with E-state index in [1.807, 2.05) is 6.07 Å². The molecule has 0 bridgehead atoms. The standard InChI is InChI=1S/C28H37F2N3O3/c1-4-14-35-24-9-6-19(16-25(24)36-15-5-2)28-11-10-21(18-26(28)33(3)13-12-28)32-27(34)31-20-7-8-22(29)23(30)17-20/h6-9,16-17,21,26H,4-5,10-15,18H2,1-3H3,(H2,31,32,34). The maximum absolute atomic E-state index is 13.5. The number of fused-ring (bicyclic) bond motifs is 1. The number of anilines is 1. The van der Waals surface area contributed by atoms with Gasteiger partial charge in [0.2, 0.25) is 0 Å². The number of rotatable bonds is 9. The predicted octanol–water partition coefficient (Wildman–Crippen LogP) is 5.86. The van der Waals surface area contributed by atoms with Gasteiger partial charge in [0.1, 0.15) is 0 Å². The highest BCUT2D eigenvalue weighted by Crippen LogP contribution is 2.50. The molecule has 0 aromatic heterocycles. The zero-order valence-electron chi connectivity index (χ0n) is 21.4. The molecule has 1 heterocycles. The van der Waals surface area contributed by atoms with Crippen LogP contribution in [-0.2, 0) is 5.41 Å².